The maximum absolute atomic E-state index is 13.0. The van der Waals surface area contributed by atoms with E-state index in [2.05, 4.69) is 5.32 Å². The fourth-order valence-corrected chi connectivity index (χ4v) is 1.63. The third kappa shape index (κ3) is 5.57. The minimum Gasteiger partial charge on any atom is -0.385 e. The molecule has 1 rings (SSSR count). The van der Waals surface area contributed by atoms with Crippen molar-refractivity contribution in [2.45, 2.75) is 25.6 Å². The molecule has 108 valence electrons. The Morgan fingerprint density at radius 3 is 2.58 bits per heavy atom. The summed E-state index contributed by atoms with van der Waals surface area (Å²) in [6, 6.07) is 3.05. The molecule has 0 fully saturated rings. The van der Waals surface area contributed by atoms with Gasteiger partial charge < -0.3 is 10.1 Å². The van der Waals surface area contributed by atoms with Crippen molar-refractivity contribution in [1.82, 2.24) is 5.32 Å². The van der Waals surface area contributed by atoms with E-state index in [1.54, 1.807) is 7.11 Å². The molecule has 0 radical (unpaired) electrons. The highest BCUT2D eigenvalue weighted by atomic mass is 19.4. The fourth-order valence-electron chi connectivity index (χ4n) is 1.63. The van der Waals surface area contributed by atoms with Crippen LogP contribution in [0.1, 0.15) is 24.0 Å². The summed E-state index contributed by atoms with van der Waals surface area (Å²) in [4.78, 5) is 0. The van der Waals surface area contributed by atoms with Gasteiger partial charge in [-0.3, -0.25) is 0 Å². The lowest BCUT2D eigenvalue weighted by Crippen LogP contribution is -2.16. The molecule has 0 saturated carbocycles. The summed E-state index contributed by atoms with van der Waals surface area (Å²) in [5.74, 6) is -1.24. The second-order valence-corrected chi connectivity index (χ2v) is 4.19. The summed E-state index contributed by atoms with van der Waals surface area (Å²) in [5.41, 5.74) is -0.799. The second-order valence-electron chi connectivity index (χ2n) is 4.19. The summed E-state index contributed by atoms with van der Waals surface area (Å²) in [7, 11) is 1.62. The van der Waals surface area contributed by atoms with Crippen LogP contribution in [0.2, 0.25) is 0 Å². The number of hydrogen-bond donors (Lipinski definition) is 1. The van der Waals surface area contributed by atoms with Crippen LogP contribution in [0.25, 0.3) is 0 Å². The van der Waals surface area contributed by atoms with E-state index in [1.807, 2.05) is 0 Å². The first-order valence-electron chi connectivity index (χ1n) is 6.00. The molecule has 0 amide bonds. The van der Waals surface area contributed by atoms with Crippen LogP contribution < -0.4 is 5.32 Å². The van der Waals surface area contributed by atoms with E-state index in [9.17, 15) is 17.6 Å². The molecule has 0 aliphatic carbocycles. The summed E-state index contributed by atoms with van der Waals surface area (Å²) in [5, 5.41) is 3.01. The molecule has 0 saturated heterocycles. The molecule has 0 atom stereocenters. The van der Waals surface area contributed by atoms with Gasteiger partial charge in [-0.15, -0.1) is 0 Å². The number of hydrogen-bond acceptors (Lipinski definition) is 2. The molecule has 6 heteroatoms. The van der Waals surface area contributed by atoms with E-state index in [4.69, 9.17) is 4.74 Å². The summed E-state index contributed by atoms with van der Waals surface area (Å²) in [6.45, 7) is 1.63. The lowest BCUT2D eigenvalue weighted by Gasteiger charge is -2.10. The maximum Gasteiger partial charge on any atom is 0.419 e. The van der Waals surface area contributed by atoms with Crippen LogP contribution in [0.15, 0.2) is 18.2 Å². The second kappa shape index (κ2) is 7.45. The van der Waals surface area contributed by atoms with Crippen molar-refractivity contribution in [3.8, 4) is 0 Å². The first kappa shape index (κ1) is 15.9. The number of benzene rings is 1. The third-order valence-electron chi connectivity index (χ3n) is 2.62. The van der Waals surface area contributed by atoms with Crippen LogP contribution >= 0.6 is 0 Å². The van der Waals surface area contributed by atoms with Gasteiger partial charge in [-0.1, -0.05) is 6.07 Å². The van der Waals surface area contributed by atoms with Gasteiger partial charge in [0.2, 0.25) is 0 Å². The molecular formula is C13H17F4NO. The van der Waals surface area contributed by atoms with Crippen molar-refractivity contribution in [2.24, 2.45) is 0 Å². The Balaban J connectivity index is 2.47. The standard InChI is InChI=1S/C13H17F4NO/c1-19-7-3-2-6-18-9-10-4-5-12(14)11(8-10)13(15,16)17/h4-5,8,18H,2-3,6-7,9H2,1H3. The molecule has 0 spiro atoms. The Labute approximate surface area is 109 Å². The molecule has 0 heterocycles. The molecule has 19 heavy (non-hydrogen) atoms. The zero-order valence-electron chi connectivity index (χ0n) is 10.7. The molecule has 0 unspecified atom stereocenters. The summed E-state index contributed by atoms with van der Waals surface area (Å²) < 4.78 is 55.4. The Kier molecular flexibility index (Phi) is 6.24. The molecular weight excluding hydrogens is 262 g/mol. The molecule has 2 nitrogen and oxygen atoms in total. The largest absolute Gasteiger partial charge is 0.419 e. The monoisotopic (exact) mass is 279 g/mol. The SMILES string of the molecule is COCCCCNCc1ccc(F)c(C(F)(F)F)c1. The first-order valence-corrected chi connectivity index (χ1v) is 6.00. The van der Waals surface area contributed by atoms with E-state index >= 15 is 0 Å². The van der Waals surface area contributed by atoms with Crippen molar-refractivity contribution in [3.63, 3.8) is 0 Å². The third-order valence-corrected chi connectivity index (χ3v) is 2.62. The topological polar surface area (TPSA) is 21.3 Å². The van der Waals surface area contributed by atoms with Gasteiger partial charge in [0.05, 0.1) is 5.56 Å². The average Bonchev–Trinajstić information content (AvgIpc) is 2.34. The highest BCUT2D eigenvalue weighted by molar-refractivity contribution is 5.27. The molecule has 1 aromatic carbocycles. The van der Waals surface area contributed by atoms with E-state index in [1.165, 1.54) is 6.07 Å². The normalized spacial score (nSPS) is 11.8. The van der Waals surface area contributed by atoms with Gasteiger partial charge in [0, 0.05) is 20.3 Å². The number of halogens is 4. The number of nitrogens with one attached hydrogen (secondary N) is 1. The van der Waals surface area contributed by atoms with Crippen LogP contribution in [-0.4, -0.2) is 20.3 Å². The van der Waals surface area contributed by atoms with Crippen LogP contribution in [0, 0.1) is 5.82 Å². The number of rotatable bonds is 7. The molecule has 0 aromatic heterocycles. The van der Waals surface area contributed by atoms with Crippen LogP contribution in [0.4, 0.5) is 17.6 Å². The average molecular weight is 279 g/mol. The van der Waals surface area contributed by atoms with Gasteiger partial charge in [0.1, 0.15) is 5.82 Å². The smallest absolute Gasteiger partial charge is 0.385 e. The fraction of sp³-hybridized carbons (Fsp3) is 0.538. The van der Waals surface area contributed by atoms with E-state index in [-0.39, 0.29) is 6.54 Å². The van der Waals surface area contributed by atoms with Crippen LogP contribution in [-0.2, 0) is 17.5 Å². The summed E-state index contributed by atoms with van der Waals surface area (Å²) in [6.07, 6.45) is -2.89. The Bertz CT molecular complexity index is 393. The zero-order chi connectivity index (χ0) is 14.3. The lowest BCUT2D eigenvalue weighted by atomic mass is 10.1. The Hall–Kier alpha value is -1.14. The molecule has 1 N–H and O–H groups in total. The van der Waals surface area contributed by atoms with Crippen molar-refractivity contribution in [1.29, 1.82) is 0 Å². The van der Waals surface area contributed by atoms with Crippen molar-refractivity contribution < 1.29 is 22.3 Å². The molecule has 1 aromatic rings. The lowest BCUT2D eigenvalue weighted by molar-refractivity contribution is -0.140. The number of ether oxygens (including phenoxy) is 1. The quantitative estimate of drug-likeness (QED) is 0.610. The van der Waals surface area contributed by atoms with E-state index in [0.717, 1.165) is 25.0 Å². The predicted octanol–water partition coefficient (Wildman–Crippen LogP) is 3.36. The van der Waals surface area contributed by atoms with Crippen LogP contribution in [0.3, 0.4) is 0 Å². The maximum atomic E-state index is 13.0. The summed E-state index contributed by atoms with van der Waals surface area (Å²) >= 11 is 0. The van der Waals surface area contributed by atoms with Gasteiger partial charge in [0.15, 0.2) is 0 Å². The van der Waals surface area contributed by atoms with Gasteiger partial charge in [-0.05, 0) is 37.1 Å². The molecule has 0 aliphatic rings. The number of unbranched alkanes of at least 4 members (excludes halogenated alkanes) is 1. The molecule has 0 bridgehead atoms. The van der Waals surface area contributed by atoms with Gasteiger partial charge in [0.25, 0.3) is 0 Å². The number of alkyl halides is 3. The van der Waals surface area contributed by atoms with Gasteiger partial charge in [-0.2, -0.15) is 13.2 Å². The van der Waals surface area contributed by atoms with Crippen molar-refractivity contribution >= 4 is 0 Å². The first-order chi connectivity index (χ1) is 8.95. The number of methoxy groups -OCH3 is 1. The van der Waals surface area contributed by atoms with Gasteiger partial charge in [-0.25, -0.2) is 4.39 Å². The van der Waals surface area contributed by atoms with Gasteiger partial charge >= 0.3 is 6.18 Å². The highest BCUT2D eigenvalue weighted by Gasteiger charge is 2.34. The van der Waals surface area contributed by atoms with Crippen molar-refractivity contribution in [3.05, 3.63) is 35.1 Å². The van der Waals surface area contributed by atoms with Crippen LogP contribution in [0.5, 0.6) is 0 Å². The minimum atomic E-state index is -4.65. The van der Waals surface area contributed by atoms with E-state index in [0.29, 0.717) is 18.7 Å². The van der Waals surface area contributed by atoms with Crippen molar-refractivity contribution in [2.75, 3.05) is 20.3 Å². The highest BCUT2D eigenvalue weighted by Crippen LogP contribution is 2.31. The van der Waals surface area contributed by atoms with E-state index < -0.39 is 17.6 Å². The zero-order valence-corrected chi connectivity index (χ0v) is 10.7. The molecule has 0 aliphatic heterocycles. The predicted molar refractivity (Wildman–Crippen MR) is 64.2 cm³/mol. The minimum absolute atomic E-state index is 0.288. The Morgan fingerprint density at radius 1 is 1.21 bits per heavy atom. The Morgan fingerprint density at radius 2 is 1.95 bits per heavy atom.